The van der Waals surface area contributed by atoms with E-state index in [9.17, 15) is 4.79 Å². The molecule has 1 fully saturated rings. The van der Waals surface area contributed by atoms with E-state index in [4.69, 9.17) is 4.52 Å². The second-order valence-corrected chi connectivity index (χ2v) is 7.63. The molecule has 6 nitrogen and oxygen atoms in total. The molecule has 2 amide bonds. The number of nitrogens with zero attached hydrogens (tertiary/aromatic N) is 3. The zero-order valence-corrected chi connectivity index (χ0v) is 16.0. The van der Waals surface area contributed by atoms with E-state index >= 15 is 0 Å². The second kappa shape index (κ2) is 8.13. The van der Waals surface area contributed by atoms with Crippen LogP contribution in [0.2, 0.25) is 0 Å². The lowest BCUT2D eigenvalue weighted by Crippen LogP contribution is -2.38. The molecule has 6 heteroatoms. The van der Waals surface area contributed by atoms with E-state index in [-0.39, 0.29) is 6.03 Å². The molecule has 4 rings (SSSR count). The van der Waals surface area contributed by atoms with Crippen molar-refractivity contribution in [3.63, 3.8) is 0 Å². The zero-order chi connectivity index (χ0) is 18.6. The maximum atomic E-state index is 12.8. The minimum absolute atomic E-state index is 0.0214. The summed E-state index contributed by atoms with van der Waals surface area (Å²) in [4.78, 5) is 17.1. The van der Waals surface area contributed by atoms with Gasteiger partial charge in [-0.3, -0.25) is 4.90 Å². The molecule has 0 radical (unpaired) electrons. The molecule has 1 N–H and O–H groups in total. The summed E-state index contributed by atoms with van der Waals surface area (Å²) < 4.78 is 5.16. The van der Waals surface area contributed by atoms with Gasteiger partial charge in [0.2, 0.25) is 0 Å². The molecular weight excluding hydrogens is 340 g/mol. The van der Waals surface area contributed by atoms with Crippen molar-refractivity contribution < 1.29 is 9.32 Å². The maximum absolute atomic E-state index is 12.8. The number of carbonyl (C=O) groups excluding carboxylic acids is 1. The number of aryl methyl sites for hydroxylation is 2. The molecule has 1 saturated heterocycles. The third-order valence-electron chi connectivity index (χ3n) is 5.58. The molecule has 1 aromatic carbocycles. The van der Waals surface area contributed by atoms with Gasteiger partial charge in [-0.1, -0.05) is 17.3 Å². The van der Waals surface area contributed by atoms with Crippen LogP contribution in [0.3, 0.4) is 0 Å². The smallest absolute Gasteiger partial charge is 0.321 e. The number of amides is 2. The summed E-state index contributed by atoms with van der Waals surface area (Å²) in [6, 6.07) is 8.30. The number of rotatable bonds is 3. The van der Waals surface area contributed by atoms with Crippen LogP contribution >= 0.6 is 0 Å². The van der Waals surface area contributed by atoms with E-state index in [1.807, 2.05) is 24.0 Å². The minimum atomic E-state index is 0.0214. The van der Waals surface area contributed by atoms with E-state index in [2.05, 4.69) is 27.5 Å². The van der Waals surface area contributed by atoms with Crippen LogP contribution in [0.4, 0.5) is 10.5 Å². The molecule has 27 heavy (non-hydrogen) atoms. The van der Waals surface area contributed by atoms with E-state index in [1.54, 1.807) is 0 Å². The molecule has 1 aliphatic heterocycles. The molecule has 0 bridgehead atoms. The highest BCUT2D eigenvalue weighted by Gasteiger charge is 2.21. The third kappa shape index (κ3) is 4.33. The lowest BCUT2D eigenvalue weighted by Gasteiger charge is -2.24. The van der Waals surface area contributed by atoms with E-state index in [0.717, 1.165) is 69.1 Å². The Kier molecular flexibility index (Phi) is 5.43. The first-order chi connectivity index (χ1) is 13.2. The van der Waals surface area contributed by atoms with Crippen molar-refractivity contribution in [1.29, 1.82) is 0 Å². The number of hydrogen-bond donors (Lipinski definition) is 1. The number of aromatic nitrogens is 1. The Bertz CT molecular complexity index is 801. The van der Waals surface area contributed by atoms with E-state index in [0.29, 0.717) is 0 Å². The van der Waals surface area contributed by atoms with Crippen molar-refractivity contribution in [3.05, 3.63) is 46.8 Å². The summed E-state index contributed by atoms with van der Waals surface area (Å²) in [6.45, 7) is 6.03. The van der Waals surface area contributed by atoms with Crippen LogP contribution in [-0.4, -0.2) is 47.2 Å². The first-order valence-corrected chi connectivity index (χ1v) is 10.0. The molecule has 2 heterocycles. The molecular formula is C21H28N4O2. The number of nitrogens with one attached hydrogen (secondary N) is 1. The Morgan fingerprint density at radius 3 is 2.89 bits per heavy atom. The summed E-state index contributed by atoms with van der Waals surface area (Å²) >= 11 is 0. The quantitative estimate of drug-likeness (QED) is 0.899. The van der Waals surface area contributed by atoms with Gasteiger partial charge in [0.1, 0.15) is 5.76 Å². The van der Waals surface area contributed by atoms with Crippen LogP contribution in [0, 0.1) is 6.92 Å². The summed E-state index contributed by atoms with van der Waals surface area (Å²) in [5.74, 6) is 0.840. The van der Waals surface area contributed by atoms with Crippen LogP contribution in [0.25, 0.3) is 0 Å². The van der Waals surface area contributed by atoms with Gasteiger partial charge in [-0.25, -0.2) is 4.79 Å². The van der Waals surface area contributed by atoms with Gasteiger partial charge >= 0.3 is 6.03 Å². The summed E-state index contributed by atoms with van der Waals surface area (Å²) in [5, 5.41) is 7.26. The van der Waals surface area contributed by atoms with Crippen LogP contribution in [0.5, 0.6) is 0 Å². The average molecular weight is 368 g/mol. The lowest BCUT2D eigenvalue weighted by atomic mass is 9.90. The first kappa shape index (κ1) is 18.0. The topological polar surface area (TPSA) is 61.6 Å². The zero-order valence-electron chi connectivity index (χ0n) is 16.0. The van der Waals surface area contributed by atoms with Crippen LogP contribution in [0.1, 0.15) is 41.8 Å². The van der Waals surface area contributed by atoms with Crippen molar-refractivity contribution in [3.8, 4) is 0 Å². The van der Waals surface area contributed by atoms with Gasteiger partial charge in [0, 0.05) is 44.5 Å². The van der Waals surface area contributed by atoms with Gasteiger partial charge in [-0.05, 0) is 56.2 Å². The molecule has 1 aliphatic carbocycles. The SMILES string of the molecule is Cc1cc(CN2CCCN(C(=O)Nc3cccc4c3CCCC4)CC2)no1. The normalized spacial score (nSPS) is 18.0. The number of benzene rings is 1. The third-order valence-corrected chi connectivity index (χ3v) is 5.58. The van der Waals surface area contributed by atoms with Crippen molar-refractivity contribution in [1.82, 2.24) is 15.0 Å². The van der Waals surface area contributed by atoms with Crippen LogP contribution in [0.15, 0.2) is 28.8 Å². The molecule has 1 aromatic heterocycles. The molecule has 2 aliphatic rings. The molecule has 0 atom stereocenters. The van der Waals surface area contributed by atoms with Crippen LogP contribution < -0.4 is 5.32 Å². The van der Waals surface area contributed by atoms with Crippen molar-refractivity contribution >= 4 is 11.7 Å². The number of fused-ring (bicyclic) bond motifs is 1. The van der Waals surface area contributed by atoms with Gasteiger partial charge in [0.25, 0.3) is 0 Å². The number of urea groups is 1. The first-order valence-electron chi connectivity index (χ1n) is 10.0. The predicted molar refractivity (Wildman–Crippen MR) is 105 cm³/mol. The summed E-state index contributed by atoms with van der Waals surface area (Å²) in [6.07, 6.45) is 5.62. The summed E-state index contributed by atoms with van der Waals surface area (Å²) in [5.41, 5.74) is 4.68. The molecule has 0 saturated carbocycles. The fourth-order valence-corrected chi connectivity index (χ4v) is 4.15. The number of carbonyl (C=O) groups is 1. The fraction of sp³-hybridized carbons (Fsp3) is 0.524. The Balaban J connectivity index is 1.36. The van der Waals surface area contributed by atoms with Gasteiger partial charge in [-0.2, -0.15) is 0 Å². The predicted octanol–water partition coefficient (Wildman–Crippen LogP) is 3.60. The van der Waals surface area contributed by atoms with Gasteiger partial charge < -0.3 is 14.7 Å². The average Bonchev–Trinajstić information content (AvgIpc) is 2.94. The Labute approximate surface area is 160 Å². The van der Waals surface area contributed by atoms with E-state index in [1.165, 1.54) is 24.0 Å². The van der Waals surface area contributed by atoms with Crippen molar-refractivity contribution in [2.24, 2.45) is 0 Å². The van der Waals surface area contributed by atoms with Gasteiger partial charge in [0.15, 0.2) is 0 Å². The van der Waals surface area contributed by atoms with Crippen molar-refractivity contribution in [2.45, 2.75) is 45.6 Å². The molecule has 144 valence electrons. The maximum Gasteiger partial charge on any atom is 0.321 e. The highest BCUT2D eigenvalue weighted by Crippen LogP contribution is 2.28. The van der Waals surface area contributed by atoms with Crippen LogP contribution in [-0.2, 0) is 19.4 Å². The monoisotopic (exact) mass is 368 g/mol. The Morgan fingerprint density at radius 2 is 2.04 bits per heavy atom. The van der Waals surface area contributed by atoms with E-state index < -0.39 is 0 Å². The lowest BCUT2D eigenvalue weighted by molar-refractivity contribution is 0.210. The highest BCUT2D eigenvalue weighted by molar-refractivity contribution is 5.90. The Morgan fingerprint density at radius 1 is 1.15 bits per heavy atom. The number of anilines is 1. The number of hydrogen-bond acceptors (Lipinski definition) is 4. The van der Waals surface area contributed by atoms with Crippen molar-refractivity contribution in [2.75, 3.05) is 31.5 Å². The molecule has 2 aromatic rings. The minimum Gasteiger partial charge on any atom is -0.361 e. The second-order valence-electron chi connectivity index (χ2n) is 7.63. The molecule has 0 spiro atoms. The van der Waals surface area contributed by atoms with Gasteiger partial charge in [-0.15, -0.1) is 0 Å². The molecule has 0 unspecified atom stereocenters. The standard InChI is InChI=1S/C21H28N4O2/c1-16-14-18(23-27-16)15-24-10-5-11-25(13-12-24)21(26)22-20-9-4-7-17-6-2-3-8-19(17)20/h4,7,9,14H,2-3,5-6,8,10-13,15H2,1H3,(H,22,26). The highest BCUT2D eigenvalue weighted by atomic mass is 16.5. The largest absolute Gasteiger partial charge is 0.361 e. The Hall–Kier alpha value is -2.34. The summed E-state index contributed by atoms with van der Waals surface area (Å²) in [7, 11) is 0. The van der Waals surface area contributed by atoms with Gasteiger partial charge in [0.05, 0.1) is 5.69 Å². The fourth-order valence-electron chi connectivity index (χ4n) is 4.15.